The highest BCUT2D eigenvalue weighted by Crippen LogP contribution is 2.21. The summed E-state index contributed by atoms with van der Waals surface area (Å²) in [6.07, 6.45) is 1.42. The van der Waals surface area contributed by atoms with Crippen molar-refractivity contribution in [1.82, 2.24) is 0 Å². The van der Waals surface area contributed by atoms with Crippen molar-refractivity contribution in [3.8, 4) is 11.1 Å². The average Bonchev–Trinajstić information content (AvgIpc) is 2.62. The number of nitrogens with one attached hydrogen (secondary N) is 1. The zero-order valence-electron chi connectivity index (χ0n) is 12.9. The molecule has 3 rings (SSSR count). The summed E-state index contributed by atoms with van der Waals surface area (Å²) in [6, 6.07) is 22.9. The average molecular weight is 336 g/mol. The molecular weight excluding hydrogens is 320 g/mol. The van der Waals surface area contributed by atoms with Gasteiger partial charge in [0.15, 0.2) is 6.20 Å². The van der Waals surface area contributed by atoms with Crippen LogP contribution in [0.3, 0.4) is 0 Å². The Morgan fingerprint density at radius 3 is 2.29 bits per heavy atom. The monoisotopic (exact) mass is 336 g/mol. The Kier molecular flexibility index (Phi) is 5.13. The van der Waals surface area contributed by atoms with Crippen LogP contribution >= 0.6 is 11.8 Å². The fourth-order valence-corrected chi connectivity index (χ4v) is 2.95. The molecule has 0 radical (unpaired) electrons. The van der Waals surface area contributed by atoms with E-state index in [1.807, 2.05) is 54.6 Å². The number of carbonyl (C=O) groups excluding carboxylic acids is 1. The van der Waals surface area contributed by atoms with E-state index in [1.165, 1.54) is 18.0 Å². The van der Waals surface area contributed by atoms with Crippen LogP contribution in [0.4, 0.5) is 5.69 Å². The van der Waals surface area contributed by atoms with Gasteiger partial charge in [0.05, 0.1) is 5.75 Å². The number of carbonyl (C=O) groups is 1. The Morgan fingerprint density at radius 2 is 1.58 bits per heavy atom. The molecule has 0 aliphatic heterocycles. The van der Waals surface area contributed by atoms with Crippen molar-refractivity contribution in [2.24, 2.45) is 0 Å². The van der Waals surface area contributed by atoms with E-state index < -0.39 is 0 Å². The zero-order chi connectivity index (χ0) is 16.8. The summed E-state index contributed by atoms with van der Waals surface area (Å²) in [5, 5.41) is 14.9. The van der Waals surface area contributed by atoms with E-state index in [2.05, 4.69) is 5.32 Å². The molecule has 0 atom stereocenters. The van der Waals surface area contributed by atoms with E-state index in [4.69, 9.17) is 0 Å². The lowest BCUT2D eigenvalue weighted by Gasteiger charge is -2.07. The second-order valence-corrected chi connectivity index (χ2v) is 6.14. The first-order chi connectivity index (χ1) is 11.7. The van der Waals surface area contributed by atoms with Crippen molar-refractivity contribution in [3.05, 3.63) is 84.2 Å². The number of hydrogen-bond acceptors (Lipinski definition) is 3. The van der Waals surface area contributed by atoms with E-state index in [0.29, 0.717) is 5.03 Å². The van der Waals surface area contributed by atoms with Gasteiger partial charge in [0.1, 0.15) is 0 Å². The number of hydrogen-bond donors (Lipinski definition) is 1. The first-order valence-electron chi connectivity index (χ1n) is 7.49. The van der Waals surface area contributed by atoms with Gasteiger partial charge in [0, 0.05) is 17.8 Å². The number of nitrogens with zero attached hydrogens (tertiary/aromatic N) is 1. The number of anilines is 1. The Bertz CT molecular complexity index is 820. The lowest BCUT2D eigenvalue weighted by molar-refractivity contribution is -0.645. The van der Waals surface area contributed by atoms with Crippen molar-refractivity contribution >= 4 is 23.4 Å². The topological polar surface area (TPSA) is 56.0 Å². The van der Waals surface area contributed by atoms with Gasteiger partial charge in [-0.05, 0) is 41.1 Å². The van der Waals surface area contributed by atoms with Gasteiger partial charge in [-0.15, -0.1) is 0 Å². The van der Waals surface area contributed by atoms with Crippen LogP contribution < -0.4 is 10.0 Å². The van der Waals surface area contributed by atoms with Crippen LogP contribution in [0.2, 0.25) is 0 Å². The van der Waals surface area contributed by atoms with Crippen LogP contribution in [-0.2, 0) is 4.79 Å². The maximum absolute atomic E-state index is 12.0. The van der Waals surface area contributed by atoms with Crippen LogP contribution in [0.5, 0.6) is 0 Å². The van der Waals surface area contributed by atoms with E-state index >= 15 is 0 Å². The van der Waals surface area contributed by atoms with Crippen molar-refractivity contribution in [3.63, 3.8) is 0 Å². The third-order valence-corrected chi connectivity index (χ3v) is 4.43. The number of rotatable bonds is 5. The quantitative estimate of drug-likeness (QED) is 0.439. The smallest absolute Gasteiger partial charge is 0.251 e. The molecule has 0 spiro atoms. The first kappa shape index (κ1) is 16.1. The van der Waals surface area contributed by atoms with Gasteiger partial charge >= 0.3 is 0 Å². The van der Waals surface area contributed by atoms with E-state index in [1.54, 1.807) is 18.2 Å². The Balaban J connectivity index is 1.58. The molecule has 0 aliphatic carbocycles. The maximum atomic E-state index is 12.0. The largest absolute Gasteiger partial charge is 0.618 e. The number of pyridine rings is 1. The zero-order valence-corrected chi connectivity index (χ0v) is 13.7. The van der Waals surface area contributed by atoms with Crippen LogP contribution in [0.15, 0.2) is 84.0 Å². The summed E-state index contributed by atoms with van der Waals surface area (Å²) in [7, 11) is 0. The summed E-state index contributed by atoms with van der Waals surface area (Å²) in [4.78, 5) is 12.0. The molecule has 4 nitrogen and oxygen atoms in total. The molecule has 120 valence electrons. The fraction of sp³-hybridized carbons (Fsp3) is 0.0526. The maximum Gasteiger partial charge on any atom is 0.251 e. The van der Waals surface area contributed by atoms with Crippen molar-refractivity contribution in [2.45, 2.75) is 5.03 Å². The van der Waals surface area contributed by atoms with Gasteiger partial charge in [-0.25, -0.2) is 0 Å². The van der Waals surface area contributed by atoms with Crippen molar-refractivity contribution in [2.75, 3.05) is 11.1 Å². The molecule has 1 amide bonds. The minimum atomic E-state index is -0.142. The summed E-state index contributed by atoms with van der Waals surface area (Å²) in [5.74, 6) is 0.0449. The van der Waals surface area contributed by atoms with Crippen molar-refractivity contribution < 1.29 is 9.52 Å². The SMILES string of the molecule is O=C(CSc1cccc[n+]1[O-])Nc1ccc(-c2ccccc2)cc1. The Morgan fingerprint density at radius 1 is 0.917 bits per heavy atom. The minimum absolute atomic E-state index is 0.142. The van der Waals surface area contributed by atoms with Crippen LogP contribution in [0.1, 0.15) is 0 Å². The molecule has 0 unspecified atom stereocenters. The molecular formula is C19H16N2O2S. The van der Waals surface area contributed by atoms with Crippen LogP contribution in [-0.4, -0.2) is 11.7 Å². The lowest BCUT2D eigenvalue weighted by Crippen LogP contribution is -2.28. The molecule has 0 bridgehead atoms. The van der Waals surface area contributed by atoms with Gasteiger partial charge in [0.2, 0.25) is 5.91 Å². The highest BCUT2D eigenvalue weighted by Gasteiger charge is 2.09. The summed E-state index contributed by atoms with van der Waals surface area (Å²) < 4.78 is 0.757. The van der Waals surface area contributed by atoms with Crippen LogP contribution in [0.25, 0.3) is 11.1 Å². The minimum Gasteiger partial charge on any atom is -0.618 e. The molecule has 1 heterocycles. The lowest BCUT2D eigenvalue weighted by atomic mass is 10.1. The molecule has 1 N–H and O–H groups in total. The predicted molar refractivity (Wildman–Crippen MR) is 96.6 cm³/mol. The standard InChI is InChI=1S/C19H16N2O2S/c22-18(14-24-19-8-4-5-13-21(19)23)20-17-11-9-16(10-12-17)15-6-2-1-3-7-15/h1-13H,14H2,(H,20,22). The molecule has 0 saturated heterocycles. The second-order valence-electron chi connectivity index (χ2n) is 5.14. The Labute approximate surface area is 144 Å². The molecule has 1 aromatic heterocycles. The fourth-order valence-electron chi connectivity index (χ4n) is 2.24. The van der Waals surface area contributed by atoms with Gasteiger partial charge in [-0.3, -0.25) is 4.79 Å². The molecule has 24 heavy (non-hydrogen) atoms. The van der Waals surface area contributed by atoms with Gasteiger partial charge in [-0.2, -0.15) is 4.73 Å². The van der Waals surface area contributed by atoms with E-state index in [0.717, 1.165) is 21.5 Å². The third-order valence-electron chi connectivity index (χ3n) is 3.42. The second kappa shape index (κ2) is 7.66. The molecule has 0 fully saturated rings. The normalized spacial score (nSPS) is 10.3. The van der Waals surface area contributed by atoms with Crippen molar-refractivity contribution in [1.29, 1.82) is 0 Å². The molecule has 0 aliphatic rings. The molecule has 5 heteroatoms. The molecule has 3 aromatic rings. The molecule has 2 aromatic carbocycles. The first-order valence-corrected chi connectivity index (χ1v) is 8.47. The van der Waals surface area contributed by atoms with Gasteiger partial charge in [-0.1, -0.05) is 42.5 Å². The number of amides is 1. The summed E-state index contributed by atoms with van der Waals surface area (Å²) in [5.41, 5.74) is 2.97. The number of benzene rings is 2. The summed E-state index contributed by atoms with van der Waals surface area (Å²) >= 11 is 1.21. The highest BCUT2D eigenvalue weighted by atomic mass is 32.2. The Hall–Kier alpha value is -2.79. The third kappa shape index (κ3) is 4.14. The van der Waals surface area contributed by atoms with E-state index in [-0.39, 0.29) is 11.7 Å². The van der Waals surface area contributed by atoms with E-state index in [9.17, 15) is 10.0 Å². The van der Waals surface area contributed by atoms with Gasteiger partial charge in [0.25, 0.3) is 5.03 Å². The summed E-state index contributed by atoms with van der Waals surface area (Å²) in [6.45, 7) is 0. The van der Waals surface area contributed by atoms with Crippen LogP contribution in [0, 0.1) is 5.21 Å². The number of aromatic nitrogens is 1. The molecule has 0 saturated carbocycles. The van der Waals surface area contributed by atoms with Gasteiger partial charge < -0.3 is 10.5 Å². The highest BCUT2D eigenvalue weighted by molar-refractivity contribution is 7.99. The predicted octanol–water partition coefficient (Wildman–Crippen LogP) is 3.72. The number of thioether (sulfide) groups is 1.